The first-order valence-electron chi connectivity index (χ1n) is 4.15. The van der Waals surface area contributed by atoms with Crippen LogP contribution in [0.25, 0.3) is 0 Å². The van der Waals surface area contributed by atoms with Crippen LogP contribution < -0.4 is 10.2 Å². The third-order valence-electron chi connectivity index (χ3n) is 2.07. The fraction of sp³-hybridized carbons (Fsp3) is 0.222. The van der Waals surface area contributed by atoms with E-state index in [1.807, 2.05) is 0 Å². The summed E-state index contributed by atoms with van der Waals surface area (Å²) in [5.74, 6) is 0.00849. The third kappa shape index (κ3) is 1.59. The molecule has 1 aromatic carbocycles. The molecule has 2 rings (SSSR count). The predicted octanol–water partition coefficient (Wildman–Crippen LogP) is 1.89. The molecule has 14 heavy (non-hydrogen) atoms. The van der Waals surface area contributed by atoms with Gasteiger partial charge in [-0.25, -0.2) is 0 Å². The zero-order valence-electron chi connectivity index (χ0n) is 7.26. The van der Waals surface area contributed by atoms with Gasteiger partial charge >= 0.3 is 0 Å². The van der Waals surface area contributed by atoms with Crippen molar-refractivity contribution in [3.63, 3.8) is 0 Å². The summed E-state index contributed by atoms with van der Waals surface area (Å²) < 4.78 is 0. The van der Waals surface area contributed by atoms with Crippen LogP contribution >= 0.6 is 23.2 Å². The topological polar surface area (TPSA) is 32.3 Å². The summed E-state index contributed by atoms with van der Waals surface area (Å²) >= 11 is 11.8. The molecular weight excluding hydrogens is 223 g/mol. The van der Waals surface area contributed by atoms with Crippen LogP contribution in [0, 0.1) is 0 Å². The van der Waals surface area contributed by atoms with E-state index in [0.29, 0.717) is 28.9 Å². The van der Waals surface area contributed by atoms with Crippen molar-refractivity contribution in [1.29, 1.82) is 0 Å². The molecule has 1 heterocycles. The van der Waals surface area contributed by atoms with Crippen LogP contribution in [-0.4, -0.2) is 19.1 Å². The molecule has 1 aromatic rings. The fourth-order valence-electron chi connectivity index (χ4n) is 1.38. The minimum Gasteiger partial charge on any atom is -0.296 e. The summed E-state index contributed by atoms with van der Waals surface area (Å²) in [4.78, 5) is 13.0. The summed E-state index contributed by atoms with van der Waals surface area (Å²) in [6.45, 7) is 0.835. The second-order valence-corrected chi connectivity index (χ2v) is 3.76. The highest BCUT2D eigenvalue weighted by Crippen LogP contribution is 2.32. The van der Waals surface area contributed by atoms with Crippen LogP contribution in [0.1, 0.15) is 0 Å². The Kier molecular flexibility index (Phi) is 2.63. The van der Waals surface area contributed by atoms with E-state index in [4.69, 9.17) is 23.2 Å². The van der Waals surface area contributed by atoms with E-state index in [1.54, 1.807) is 23.1 Å². The molecule has 1 fully saturated rings. The van der Waals surface area contributed by atoms with Gasteiger partial charge in [0.25, 0.3) is 0 Å². The fourth-order valence-corrected chi connectivity index (χ4v) is 1.78. The quantitative estimate of drug-likeness (QED) is 0.800. The van der Waals surface area contributed by atoms with Gasteiger partial charge in [0.1, 0.15) is 0 Å². The minimum absolute atomic E-state index is 0.00849. The lowest BCUT2D eigenvalue weighted by Crippen LogP contribution is -2.25. The van der Waals surface area contributed by atoms with Crippen molar-refractivity contribution < 1.29 is 4.79 Å². The van der Waals surface area contributed by atoms with Crippen LogP contribution in [0.3, 0.4) is 0 Å². The monoisotopic (exact) mass is 230 g/mol. The lowest BCUT2D eigenvalue weighted by Gasteiger charge is -2.16. The largest absolute Gasteiger partial charge is 0.296 e. The van der Waals surface area contributed by atoms with Crippen molar-refractivity contribution in [2.45, 2.75) is 0 Å². The number of amides is 1. The zero-order chi connectivity index (χ0) is 10.1. The van der Waals surface area contributed by atoms with Gasteiger partial charge in [-0.2, -0.15) is 0 Å². The van der Waals surface area contributed by atoms with Crippen molar-refractivity contribution in [2.24, 2.45) is 0 Å². The van der Waals surface area contributed by atoms with Crippen molar-refractivity contribution in [3.05, 3.63) is 28.2 Å². The van der Waals surface area contributed by atoms with Gasteiger partial charge in [-0.3, -0.25) is 15.0 Å². The highest BCUT2D eigenvalue weighted by atomic mass is 35.5. The number of carbonyl (C=O) groups excluding carboxylic acids is 1. The van der Waals surface area contributed by atoms with Gasteiger partial charge in [-0.1, -0.05) is 29.3 Å². The van der Waals surface area contributed by atoms with Gasteiger partial charge in [0, 0.05) is 0 Å². The van der Waals surface area contributed by atoms with Crippen molar-refractivity contribution in [3.8, 4) is 0 Å². The van der Waals surface area contributed by atoms with Crippen molar-refractivity contribution in [2.75, 3.05) is 18.1 Å². The van der Waals surface area contributed by atoms with Crippen molar-refractivity contribution in [1.82, 2.24) is 5.32 Å². The number of halogens is 2. The highest BCUT2D eigenvalue weighted by molar-refractivity contribution is 6.44. The van der Waals surface area contributed by atoms with Crippen molar-refractivity contribution >= 4 is 34.8 Å². The SMILES string of the molecule is O=C1CNCN1c1cccc(Cl)c1Cl. The number of nitrogens with one attached hydrogen (secondary N) is 1. The Morgan fingerprint density at radius 1 is 1.36 bits per heavy atom. The maximum atomic E-state index is 11.4. The summed E-state index contributed by atoms with van der Waals surface area (Å²) in [6, 6.07) is 5.25. The molecule has 74 valence electrons. The molecular formula is C9H8Cl2N2O. The minimum atomic E-state index is 0.00849. The van der Waals surface area contributed by atoms with E-state index >= 15 is 0 Å². The third-order valence-corrected chi connectivity index (χ3v) is 2.88. The summed E-state index contributed by atoms with van der Waals surface area (Å²) in [6.07, 6.45) is 0. The van der Waals surface area contributed by atoms with Crippen LogP contribution in [0.4, 0.5) is 5.69 Å². The maximum Gasteiger partial charge on any atom is 0.242 e. The lowest BCUT2D eigenvalue weighted by molar-refractivity contribution is -0.116. The molecule has 3 nitrogen and oxygen atoms in total. The molecule has 1 saturated heterocycles. The molecule has 0 aliphatic carbocycles. The first-order chi connectivity index (χ1) is 6.70. The zero-order valence-corrected chi connectivity index (χ0v) is 8.77. The maximum absolute atomic E-state index is 11.4. The molecule has 1 N–H and O–H groups in total. The molecule has 0 bridgehead atoms. The number of hydrogen-bond acceptors (Lipinski definition) is 2. The number of rotatable bonds is 1. The second kappa shape index (κ2) is 3.77. The molecule has 0 radical (unpaired) electrons. The van der Waals surface area contributed by atoms with E-state index in [0.717, 1.165) is 0 Å². The average Bonchev–Trinajstić information content (AvgIpc) is 2.57. The predicted molar refractivity (Wildman–Crippen MR) is 56.8 cm³/mol. The normalized spacial score (nSPS) is 16.4. The van der Waals surface area contributed by atoms with E-state index in [9.17, 15) is 4.79 Å². The smallest absolute Gasteiger partial charge is 0.242 e. The molecule has 0 aromatic heterocycles. The summed E-state index contributed by atoms with van der Waals surface area (Å²) in [5.41, 5.74) is 0.661. The molecule has 5 heteroatoms. The first kappa shape index (κ1) is 9.77. The number of benzene rings is 1. The van der Waals surface area contributed by atoms with Gasteiger partial charge < -0.3 is 0 Å². The van der Waals surface area contributed by atoms with Gasteiger partial charge in [-0.05, 0) is 12.1 Å². The van der Waals surface area contributed by atoms with E-state index in [-0.39, 0.29) is 5.91 Å². The Morgan fingerprint density at radius 2 is 2.14 bits per heavy atom. The Labute approximate surface area is 91.6 Å². The molecule has 0 atom stereocenters. The van der Waals surface area contributed by atoms with Gasteiger partial charge in [0.15, 0.2) is 0 Å². The standard InChI is InChI=1S/C9H8Cl2N2O/c10-6-2-1-3-7(9(6)11)13-5-12-4-8(13)14/h1-3,12H,4-5H2. The lowest BCUT2D eigenvalue weighted by atomic mass is 10.3. The molecule has 1 aliphatic heterocycles. The second-order valence-electron chi connectivity index (χ2n) is 2.98. The van der Waals surface area contributed by atoms with Crippen LogP contribution in [0.2, 0.25) is 10.0 Å². The summed E-state index contributed by atoms with van der Waals surface area (Å²) in [7, 11) is 0. The number of anilines is 1. The highest BCUT2D eigenvalue weighted by Gasteiger charge is 2.23. The van der Waals surface area contributed by atoms with Crippen LogP contribution in [-0.2, 0) is 4.79 Å². The average molecular weight is 231 g/mol. The molecule has 0 spiro atoms. The Bertz CT molecular complexity index is 381. The van der Waals surface area contributed by atoms with Gasteiger partial charge in [-0.15, -0.1) is 0 Å². The molecule has 0 saturated carbocycles. The van der Waals surface area contributed by atoms with E-state index in [1.165, 1.54) is 0 Å². The van der Waals surface area contributed by atoms with Crippen LogP contribution in [0.5, 0.6) is 0 Å². The molecule has 0 unspecified atom stereocenters. The first-order valence-corrected chi connectivity index (χ1v) is 4.91. The molecule has 1 aliphatic rings. The Balaban J connectivity index is 2.41. The number of carbonyl (C=O) groups is 1. The number of hydrogen-bond donors (Lipinski definition) is 1. The summed E-state index contributed by atoms with van der Waals surface area (Å²) in [5, 5.41) is 3.83. The molecule has 1 amide bonds. The van der Waals surface area contributed by atoms with E-state index < -0.39 is 0 Å². The number of nitrogens with zero attached hydrogens (tertiary/aromatic N) is 1. The van der Waals surface area contributed by atoms with Gasteiger partial charge in [0.05, 0.1) is 28.9 Å². The van der Waals surface area contributed by atoms with Gasteiger partial charge in [0.2, 0.25) is 5.91 Å². The Hall–Kier alpha value is -0.770. The van der Waals surface area contributed by atoms with Crippen LogP contribution in [0.15, 0.2) is 18.2 Å². The Morgan fingerprint density at radius 3 is 2.79 bits per heavy atom. The van der Waals surface area contributed by atoms with E-state index in [2.05, 4.69) is 5.32 Å².